The van der Waals surface area contributed by atoms with Gasteiger partial charge >= 0.3 is 5.97 Å². The molecule has 3 aromatic rings. The van der Waals surface area contributed by atoms with Crippen molar-refractivity contribution in [3.8, 4) is 17.0 Å². The number of piperidine rings is 1. The standard InChI is InChI=1S/C32H36N4O4/c1-21-23(7-6-22-17-35(13-9-26(21)22)25-10-14-39-15-11-25)19-40-29-5-3-2-4-27(29)28-8-12-33-31(34-28)36-18-24-16-32(24,20-36)30(37)38/h2-8,12,24-25H,9-11,13-20H2,1H3,(H,37,38)/t24-,32-/m0/s1. The van der Waals surface area contributed by atoms with Crippen molar-refractivity contribution in [2.45, 2.75) is 51.8 Å². The predicted molar refractivity (Wildman–Crippen MR) is 151 cm³/mol. The molecular weight excluding hydrogens is 504 g/mol. The molecule has 208 valence electrons. The summed E-state index contributed by atoms with van der Waals surface area (Å²) in [6, 6.07) is 15.0. The van der Waals surface area contributed by atoms with E-state index in [1.807, 2.05) is 35.2 Å². The van der Waals surface area contributed by atoms with Crippen LogP contribution in [-0.4, -0.2) is 64.8 Å². The number of carboxylic acids is 1. The fourth-order valence-corrected chi connectivity index (χ4v) is 7.01. The second-order valence-corrected chi connectivity index (χ2v) is 11.8. The molecule has 0 spiro atoms. The molecule has 3 aliphatic heterocycles. The highest BCUT2D eigenvalue weighted by Gasteiger charge is 2.65. The van der Waals surface area contributed by atoms with Crippen molar-refractivity contribution in [2.75, 3.05) is 37.7 Å². The number of rotatable bonds is 7. The Bertz CT molecular complexity index is 1440. The smallest absolute Gasteiger partial charge is 0.311 e. The fourth-order valence-electron chi connectivity index (χ4n) is 7.01. The van der Waals surface area contributed by atoms with E-state index in [2.05, 4.69) is 28.9 Å². The molecule has 2 aromatic carbocycles. The molecule has 0 unspecified atom stereocenters. The van der Waals surface area contributed by atoms with E-state index in [-0.39, 0.29) is 5.92 Å². The zero-order valence-corrected chi connectivity index (χ0v) is 23.0. The second kappa shape index (κ2) is 10.2. The van der Waals surface area contributed by atoms with Crippen molar-refractivity contribution >= 4 is 11.9 Å². The van der Waals surface area contributed by atoms with Crippen LogP contribution in [-0.2, 0) is 29.1 Å². The van der Waals surface area contributed by atoms with Crippen molar-refractivity contribution in [3.05, 3.63) is 70.9 Å². The lowest BCUT2D eigenvalue weighted by Crippen LogP contribution is -2.42. The summed E-state index contributed by atoms with van der Waals surface area (Å²) in [4.78, 5) is 25.7. The number of hydrogen-bond acceptors (Lipinski definition) is 7. The first-order chi connectivity index (χ1) is 19.5. The average Bonchev–Trinajstić information content (AvgIpc) is 3.58. The minimum absolute atomic E-state index is 0.192. The zero-order chi connectivity index (χ0) is 27.3. The predicted octanol–water partition coefficient (Wildman–Crippen LogP) is 4.48. The number of carbonyl (C=O) groups is 1. The van der Waals surface area contributed by atoms with Crippen LogP contribution in [0.25, 0.3) is 11.3 Å². The number of ether oxygens (including phenoxy) is 2. The van der Waals surface area contributed by atoms with E-state index in [1.54, 1.807) is 6.20 Å². The van der Waals surface area contributed by atoms with Gasteiger partial charge in [-0.2, -0.15) is 0 Å². The highest BCUT2D eigenvalue weighted by Crippen LogP contribution is 2.58. The highest BCUT2D eigenvalue weighted by atomic mass is 16.5. The quantitative estimate of drug-likeness (QED) is 0.470. The first-order valence-electron chi connectivity index (χ1n) is 14.5. The number of aliphatic carboxylic acids is 1. The van der Waals surface area contributed by atoms with Crippen LogP contribution in [0.15, 0.2) is 48.7 Å². The van der Waals surface area contributed by atoms with Crippen LogP contribution in [0.2, 0.25) is 0 Å². The Kier molecular flexibility index (Phi) is 6.47. The molecule has 7 rings (SSSR count). The fraction of sp³-hybridized carbons (Fsp3) is 0.469. The number of fused-ring (bicyclic) bond motifs is 2. The minimum Gasteiger partial charge on any atom is -0.488 e. The molecule has 0 bridgehead atoms. The van der Waals surface area contributed by atoms with Crippen LogP contribution in [0.1, 0.15) is 41.5 Å². The van der Waals surface area contributed by atoms with Gasteiger partial charge < -0.3 is 19.5 Å². The Hall–Kier alpha value is -3.49. The first kappa shape index (κ1) is 25.5. The van der Waals surface area contributed by atoms with E-state index in [9.17, 15) is 9.90 Å². The van der Waals surface area contributed by atoms with Crippen LogP contribution in [0.4, 0.5) is 5.95 Å². The summed E-state index contributed by atoms with van der Waals surface area (Å²) in [6.45, 7) is 7.77. The molecule has 4 aliphatic rings. The molecule has 8 heteroatoms. The molecule has 1 N–H and O–H groups in total. The number of nitrogens with zero attached hydrogens (tertiary/aromatic N) is 4. The third kappa shape index (κ3) is 4.53. The van der Waals surface area contributed by atoms with E-state index >= 15 is 0 Å². The van der Waals surface area contributed by atoms with E-state index in [0.29, 0.717) is 31.7 Å². The molecule has 2 atom stereocenters. The summed E-state index contributed by atoms with van der Waals surface area (Å²) in [5, 5.41) is 9.66. The Labute approximate surface area is 235 Å². The number of aromatic nitrogens is 2. The summed E-state index contributed by atoms with van der Waals surface area (Å²) < 4.78 is 12.0. The third-order valence-corrected chi connectivity index (χ3v) is 9.58. The Morgan fingerprint density at radius 3 is 2.85 bits per heavy atom. The van der Waals surface area contributed by atoms with E-state index < -0.39 is 11.4 Å². The maximum absolute atomic E-state index is 11.8. The van der Waals surface area contributed by atoms with Crippen LogP contribution >= 0.6 is 0 Å². The average molecular weight is 541 g/mol. The monoisotopic (exact) mass is 540 g/mol. The largest absolute Gasteiger partial charge is 0.488 e. The third-order valence-electron chi connectivity index (χ3n) is 9.58. The highest BCUT2D eigenvalue weighted by molar-refractivity contribution is 5.81. The Morgan fingerprint density at radius 1 is 1.18 bits per heavy atom. The van der Waals surface area contributed by atoms with E-state index in [1.165, 1.54) is 22.3 Å². The van der Waals surface area contributed by atoms with Gasteiger partial charge in [-0.05, 0) is 79.0 Å². The molecule has 2 saturated heterocycles. The normalized spacial score (nSPS) is 24.4. The molecule has 1 saturated carbocycles. The summed E-state index contributed by atoms with van der Waals surface area (Å²) in [5.41, 5.74) is 6.54. The zero-order valence-electron chi connectivity index (χ0n) is 23.0. The Morgan fingerprint density at radius 2 is 2.02 bits per heavy atom. The number of carboxylic acid groups (broad SMARTS) is 1. The van der Waals surface area contributed by atoms with Gasteiger partial charge in [0.25, 0.3) is 0 Å². The van der Waals surface area contributed by atoms with Crippen molar-refractivity contribution < 1.29 is 19.4 Å². The van der Waals surface area contributed by atoms with Crippen molar-refractivity contribution in [1.29, 1.82) is 0 Å². The van der Waals surface area contributed by atoms with E-state index in [0.717, 1.165) is 69.0 Å². The van der Waals surface area contributed by atoms with Gasteiger partial charge in [-0.15, -0.1) is 0 Å². The summed E-state index contributed by atoms with van der Waals surface area (Å²) >= 11 is 0. The summed E-state index contributed by atoms with van der Waals surface area (Å²) in [6.07, 6.45) is 5.85. The first-order valence-corrected chi connectivity index (χ1v) is 14.5. The van der Waals surface area contributed by atoms with Crippen molar-refractivity contribution in [3.63, 3.8) is 0 Å². The van der Waals surface area contributed by atoms with Gasteiger partial charge in [0.2, 0.25) is 5.95 Å². The number of benzene rings is 2. The summed E-state index contributed by atoms with van der Waals surface area (Å²) in [5.74, 6) is 0.850. The lowest BCUT2D eigenvalue weighted by atomic mass is 9.90. The summed E-state index contributed by atoms with van der Waals surface area (Å²) in [7, 11) is 0. The molecule has 8 nitrogen and oxygen atoms in total. The number of hydrogen-bond donors (Lipinski definition) is 1. The van der Waals surface area contributed by atoms with Gasteiger partial charge in [-0.25, -0.2) is 9.97 Å². The van der Waals surface area contributed by atoms with Gasteiger partial charge in [0.15, 0.2) is 0 Å². The topological polar surface area (TPSA) is 88.0 Å². The molecule has 4 heterocycles. The van der Waals surface area contributed by atoms with Crippen LogP contribution in [0.3, 0.4) is 0 Å². The van der Waals surface area contributed by atoms with Crippen LogP contribution in [0.5, 0.6) is 5.75 Å². The molecule has 3 fully saturated rings. The van der Waals surface area contributed by atoms with Crippen LogP contribution in [0, 0.1) is 18.3 Å². The van der Waals surface area contributed by atoms with Gasteiger partial charge in [0, 0.05) is 57.2 Å². The SMILES string of the molecule is Cc1c(COc2ccccc2-c2ccnc(N3C[C@@H]4C[C@]4(C(=O)O)C3)n2)ccc2c1CCN(C1CCOCC1)C2. The molecule has 0 radical (unpaired) electrons. The van der Waals surface area contributed by atoms with Gasteiger partial charge in [0.1, 0.15) is 12.4 Å². The lowest BCUT2D eigenvalue weighted by Gasteiger charge is -2.38. The van der Waals surface area contributed by atoms with Gasteiger partial charge in [-0.1, -0.05) is 24.3 Å². The molecule has 1 aliphatic carbocycles. The second-order valence-electron chi connectivity index (χ2n) is 11.8. The van der Waals surface area contributed by atoms with Crippen molar-refractivity contribution in [2.24, 2.45) is 11.3 Å². The Balaban J connectivity index is 1.06. The van der Waals surface area contributed by atoms with Crippen LogP contribution < -0.4 is 9.64 Å². The number of anilines is 1. The maximum atomic E-state index is 11.8. The minimum atomic E-state index is -0.705. The molecule has 0 amide bonds. The molecule has 40 heavy (non-hydrogen) atoms. The van der Waals surface area contributed by atoms with E-state index in [4.69, 9.17) is 14.5 Å². The molecule has 1 aromatic heterocycles. The van der Waals surface area contributed by atoms with Crippen molar-refractivity contribution in [1.82, 2.24) is 14.9 Å². The molecular formula is C32H36N4O4. The lowest BCUT2D eigenvalue weighted by molar-refractivity contribution is -0.143. The van der Waals surface area contributed by atoms with Gasteiger partial charge in [-0.3, -0.25) is 9.69 Å². The number of para-hydroxylation sites is 1. The maximum Gasteiger partial charge on any atom is 0.311 e. The van der Waals surface area contributed by atoms with Gasteiger partial charge in [0.05, 0.1) is 11.1 Å².